The molecule has 3 nitrogen and oxygen atoms in total. The second-order valence-corrected chi connectivity index (χ2v) is 6.48. The first-order valence-electron chi connectivity index (χ1n) is 7.72. The van der Waals surface area contributed by atoms with Gasteiger partial charge in [0.25, 0.3) is 0 Å². The summed E-state index contributed by atoms with van der Waals surface area (Å²) >= 11 is 5.86. The summed E-state index contributed by atoms with van der Waals surface area (Å²) < 4.78 is 78.0. The molecule has 0 aliphatic heterocycles. The molecular weight excluding hydrogens is 398 g/mol. The van der Waals surface area contributed by atoms with Crippen LogP contribution >= 0.6 is 11.6 Å². The summed E-state index contributed by atoms with van der Waals surface area (Å²) in [6.07, 6.45) is -4.42. The van der Waals surface area contributed by atoms with E-state index in [1.54, 1.807) is 0 Å². The van der Waals surface area contributed by atoms with Crippen LogP contribution in [0.5, 0.6) is 0 Å². The molecule has 1 fully saturated rings. The van der Waals surface area contributed by atoms with E-state index in [1.165, 1.54) is 12.1 Å². The molecule has 1 aliphatic rings. The van der Waals surface area contributed by atoms with Crippen molar-refractivity contribution in [3.05, 3.63) is 46.9 Å². The third kappa shape index (κ3) is 4.02. The number of carbonyl (C=O) groups excluding carboxylic acids is 1. The number of nitrogens with one attached hydrogen (secondary N) is 1. The molecule has 3 rings (SSSR count). The lowest BCUT2D eigenvalue weighted by Crippen LogP contribution is -2.34. The van der Waals surface area contributed by atoms with E-state index in [-0.39, 0.29) is 33.9 Å². The maximum Gasteiger partial charge on any atom is 0.458 e. The summed E-state index contributed by atoms with van der Waals surface area (Å²) in [5.41, 5.74) is -1.58. The van der Waals surface area contributed by atoms with E-state index in [2.05, 4.69) is 10.3 Å². The fraction of sp³-hybridized carbons (Fsp3) is 0.294. The molecule has 0 bridgehead atoms. The number of anilines is 1. The first-order valence-corrected chi connectivity index (χ1v) is 8.10. The molecule has 144 valence electrons. The Morgan fingerprint density at radius 2 is 1.74 bits per heavy atom. The summed E-state index contributed by atoms with van der Waals surface area (Å²) in [5, 5.41) is 2.46. The summed E-state index contributed by atoms with van der Waals surface area (Å²) in [7, 11) is 0. The number of nitrogens with zero attached hydrogens (tertiary/aromatic N) is 1. The Morgan fingerprint density at radius 3 is 2.30 bits per heavy atom. The fourth-order valence-electron chi connectivity index (χ4n) is 2.40. The zero-order chi connectivity index (χ0) is 20.0. The first-order chi connectivity index (χ1) is 12.5. The molecule has 27 heavy (non-hydrogen) atoms. The topological polar surface area (TPSA) is 42.0 Å². The van der Waals surface area contributed by atoms with Crippen LogP contribution < -0.4 is 5.32 Å². The molecule has 1 heterocycles. The molecule has 0 atom stereocenters. The van der Waals surface area contributed by atoms with Gasteiger partial charge in [0.15, 0.2) is 0 Å². The zero-order valence-corrected chi connectivity index (χ0v) is 14.1. The third-order valence-corrected chi connectivity index (χ3v) is 4.18. The summed E-state index contributed by atoms with van der Waals surface area (Å²) in [6, 6.07) is 4.42. The molecule has 1 aliphatic carbocycles. The predicted octanol–water partition coefficient (Wildman–Crippen LogP) is 5.54. The van der Waals surface area contributed by atoms with E-state index >= 15 is 0 Å². The zero-order valence-electron chi connectivity index (χ0n) is 13.4. The van der Waals surface area contributed by atoms with Crippen LogP contribution in [-0.2, 0) is 10.7 Å². The van der Waals surface area contributed by atoms with Crippen molar-refractivity contribution in [2.45, 2.75) is 24.9 Å². The Kier molecular flexibility index (Phi) is 4.83. The summed E-state index contributed by atoms with van der Waals surface area (Å²) in [6.45, 7) is 0. The van der Waals surface area contributed by atoms with Gasteiger partial charge < -0.3 is 5.32 Å². The van der Waals surface area contributed by atoms with Crippen molar-refractivity contribution in [1.29, 1.82) is 0 Å². The van der Waals surface area contributed by atoms with Crippen LogP contribution in [0.25, 0.3) is 11.1 Å². The first kappa shape index (κ1) is 19.5. The van der Waals surface area contributed by atoms with E-state index in [1.807, 2.05) is 0 Å². The monoisotopic (exact) mass is 408 g/mol. The lowest BCUT2D eigenvalue weighted by atomic mass is 10.0. The number of alkyl halides is 5. The van der Waals surface area contributed by atoms with Crippen LogP contribution in [-0.4, -0.2) is 17.1 Å². The van der Waals surface area contributed by atoms with Crippen molar-refractivity contribution in [1.82, 2.24) is 4.98 Å². The van der Waals surface area contributed by atoms with Crippen LogP contribution in [0, 0.1) is 11.7 Å². The fourth-order valence-corrected chi connectivity index (χ4v) is 2.61. The van der Waals surface area contributed by atoms with Gasteiger partial charge in [-0.2, -0.15) is 22.0 Å². The molecule has 1 aromatic carbocycles. The predicted molar refractivity (Wildman–Crippen MR) is 85.9 cm³/mol. The van der Waals surface area contributed by atoms with Gasteiger partial charge in [0, 0.05) is 5.92 Å². The normalized spacial score (nSPS) is 14.9. The highest BCUT2D eigenvalue weighted by atomic mass is 35.5. The Bertz CT molecular complexity index is 895. The number of hydrogen-bond donors (Lipinski definition) is 1. The van der Waals surface area contributed by atoms with E-state index < -0.39 is 23.5 Å². The van der Waals surface area contributed by atoms with Gasteiger partial charge in [-0.1, -0.05) is 17.7 Å². The van der Waals surface area contributed by atoms with Crippen molar-refractivity contribution in [3.8, 4) is 11.1 Å². The molecule has 1 aromatic heterocycles. The molecule has 0 unspecified atom stereocenters. The number of aromatic nitrogens is 1. The van der Waals surface area contributed by atoms with Gasteiger partial charge in [0.1, 0.15) is 16.8 Å². The highest BCUT2D eigenvalue weighted by Gasteiger charge is 2.59. The van der Waals surface area contributed by atoms with Gasteiger partial charge in [0.05, 0.1) is 5.56 Å². The number of pyridine rings is 1. The number of hydrogen-bond acceptors (Lipinski definition) is 2. The van der Waals surface area contributed by atoms with Crippen LogP contribution in [0.3, 0.4) is 0 Å². The van der Waals surface area contributed by atoms with Crippen molar-refractivity contribution in [2.24, 2.45) is 5.92 Å². The van der Waals surface area contributed by atoms with Gasteiger partial charge in [0.2, 0.25) is 5.91 Å². The number of amides is 1. The maximum atomic E-state index is 14.0. The van der Waals surface area contributed by atoms with E-state index in [9.17, 15) is 31.1 Å². The van der Waals surface area contributed by atoms with Gasteiger partial charge in [-0.15, -0.1) is 0 Å². The van der Waals surface area contributed by atoms with E-state index in [0.29, 0.717) is 12.1 Å². The van der Waals surface area contributed by atoms with Crippen LogP contribution in [0.1, 0.15) is 18.4 Å². The van der Waals surface area contributed by atoms with E-state index in [4.69, 9.17) is 11.6 Å². The van der Waals surface area contributed by atoms with Crippen LogP contribution in [0.15, 0.2) is 30.3 Å². The lowest BCUT2D eigenvalue weighted by molar-refractivity contribution is -0.290. The smallest absolute Gasteiger partial charge is 0.310 e. The number of rotatable bonds is 4. The van der Waals surface area contributed by atoms with Crippen LogP contribution in [0.4, 0.5) is 32.2 Å². The largest absolute Gasteiger partial charge is 0.458 e. The SMILES string of the molecule is O=C(Nc1cc(-c2ccc(C(F)(F)C(F)(F)F)c(F)c2)cc(Cl)n1)C1CC1. The van der Waals surface area contributed by atoms with Crippen LogP contribution in [0.2, 0.25) is 5.15 Å². The minimum Gasteiger partial charge on any atom is -0.310 e. The third-order valence-electron chi connectivity index (χ3n) is 3.99. The Morgan fingerprint density at radius 1 is 1.07 bits per heavy atom. The molecule has 2 aromatic rings. The maximum absolute atomic E-state index is 14.0. The van der Waals surface area contributed by atoms with Gasteiger partial charge in [-0.25, -0.2) is 9.37 Å². The van der Waals surface area contributed by atoms with Crippen molar-refractivity contribution < 1.29 is 31.1 Å². The summed E-state index contributed by atoms with van der Waals surface area (Å²) in [4.78, 5) is 15.7. The number of halogens is 7. The second kappa shape index (κ2) is 6.70. The highest BCUT2D eigenvalue weighted by molar-refractivity contribution is 6.29. The molecule has 1 N–H and O–H groups in total. The summed E-state index contributed by atoms with van der Waals surface area (Å²) in [5.74, 6) is -7.35. The Labute approximate surface area is 154 Å². The van der Waals surface area contributed by atoms with Crippen molar-refractivity contribution in [3.63, 3.8) is 0 Å². The molecule has 0 radical (unpaired) electrons. The average Bonchev–Trinajstić information content (AvgIpc) is 3.37. The Hall–Kier alpha value is -2.29. The molecule has 10 heteroatoms. The van der Waals surface area contributed by atoms with Crippen molar-refractivity contribution in [2.75, 3.05) is 5.32 Å². The minimum atomic E-state index is -5.92. The van der Waals surface area contributed by atoms with Gasteiger partial charge >= 0.3 is 12.1 Å². The second-order valence-electron chi connectivity index (χ2n) is 6.09. The molecule has 1 amide bonds. The number of benzene rings is 1. The quantitative estimate of drug-likeness (QED) is 0.533. The van der Waals surface area contributed by atoms with Gasteiger partial charge in [-0.05, 0) is 48.2 Å². The average molecular weight is 409 g/mol. The highest BCUT2D eigenvalue weighted by Crippen LogP contribution is 2.45. The molecule has 0 saturated heterocycles. The molecule has 1 saturated carbocycles. The molecule has 0 spiro atoms. The lowest BCUT2D eigenvalue weighted by Gasteiger charge is -2.20. The standard InChI is InChI=1S/C17H11ClF6N2O/c18-13-6-10(7-14(25-13)26-15(27)8-1-2-8)9-3-4-11(12(19)5-9)16(20,21)17(22,23)24/h3-8H,1-2H2,(H,25,26,27). The number of carbonyl (C=O) groups is 1. The Balaban J connectivity index is 1.94. The van der Waals surface area contributed by atoms with E-state index in [0.717, 1.165) is 18.9 Å². The van der Waals surface area contributed by atoms with Crippen molar-refractivity contribution >= 4 is 23.3 Å². The van der Waals surface area contributed by atoms with Gasteiger partial charge in [-0.3, -0.25) is 4.79 Å². The molecular formula is C17H11ClF6N2O. The minimum absolute atomic E-state index is 0.000412.